The number of rotatable bonds is 19. The van der Waals surface area contributed by atoms with Crippen LogP contribution in [-0.2, 0) is 0 Å². The third-order valence-corrected chi connectivity index (χ3v) is 6.57. The number of hydrogen-bond donors (Lipinski definition) is 1. The van der Waals surface area contributed by atoms with Crippen molar-refractivity contribution >= 4 is 0 Å². The average Bonchev–Trinajstić information content (AvgIpc) is 2.72. The van der Waals surface area contributed by atoms with Gasteiger partial charge in [0.15, 0.2) is 0 Å². The first kappa shape index (κ1) is 27.6. The Bertz CT molecular complexity index is 568. The molecule has 0 radical (unpaired) electrons. The molecule has 0 aliphatic heterocycles. The third kappa shape index (κ3) is 12.3. The second kappa shape index (κ2) is 16.2. The van der Waals surface area contributed by atoms with Crippen molar-refractivity contribution in [2.24, 2.45) is 11.7 Å². The van der Waals surface area contributed by atoms with E-state index in [0.29, 0.717) is 0 Å². The molecule has 0 aliphatic carbocycles. The lowest BCUT2D eigenvalue weighted by Gasteiger charge is -2.32. The second-order valence-electron chi connectivity index (χ2n) is 9.95. The molecular weight excluding hydrogens is 384 g/mol. The SMILES string of the molecule is CCCCCCCCCCCCCCCCC(C(c1ccccc1)[N+](=O)[O-])C(C)(C)N. The highest BCUT2D eigenvalue weighted by Crippen LogP contribution is 2.36. The maximum atomic E-state index is 11.9. The molecule has 0 heterocycles. The van der Waals surface area contributed by atoms with Gasteiger partial charge in [-0.25, -0.2) is 0 Å². The molecule has 0 saturated carbocycles. The Labute approximate surface area is 191 Å². The van der Waals surface area contributed by atoms with Gasteiger partial charge in [-0.2, -0.15) is 0 Å². The normalized spacial score (nSPS) is 13.8. The second-order valence-corrected chi connectivity index (χ2v) is 9.95. The molecule has 1 rings (SSSR count). The van der Waals surface area contributed by atoms with Gasteiger partial charge in [0.25, 0.3) is 0 Å². The minimum atomic E-state index is -0.733. The fourth-order valence-corrected chi connectivity index (χ4v) is 4.65. The summed E-state index contributed by atoms with van der Waals surface area (Å²) < 4.78 is 0. The van der Waals surface area contributed by atoms with Gasteiger partial charge in [0.1, 0.15) is 0 Å². The van der Waals surface area contributed by atoms with Gasteiger partial charge in [-0.1, -0.05) is 127 Å². The minimum absolute atomic E-state index is 0.140. The van der Waals surface area contributed by atoms with Gasteiger partial charge in [0.05, 0.1) is 0 Å². The van der Waals surface area contributed by atoms with E-state index in [1.807, 2.05) is 44.2 Å². The van der Waals surface area contributed by atoms with Crippen molar-refractivity contribution < 1.29 is 4.92 Å². The first-order chi connectivity index (χ1) is 14.9. The summed E-state index contributed by atoms with van der Waals surface area (Å²) in [5, 5.41) is 11.9. The number of hydrogen-bond acceptors (Lipinski definition) is 3. The molecule has 2 N–H and O–H groups in total. The van der Waals surface area contributed by atoms with Crippen LogP contribution in [0.4, 0.5) is 0 Å². The molecule has 1 aromatic carbocycles. The predicted octanol–water partition coefficient (Wildman–Crippen LogP) is 8.23. The lowest BCUT2D eigenvalue weighted by atomic mass is 9.76. The number of unbranched alkanes of at least 4 members (excludes halogenated alkanes) is 13. The molecule has 2 atom stereocenters. The van der Waals surface area contributed by atoms with E-state index in [1.54, 1.807) is 0 Å². The molecule has 0 spiro atoms. The highest BCUT2D eigenvalue weighted by molar-refractivity contribution is 5.19. The molecule has 0 aromatic heterocycles. The Morgan fingerprint density at radius 2 is 1.23 bits per heavy atom. The van der Waals surface area contributed by atoms with Crippen LogP contribution >= 0.6 is 0 Å². The van der Waals surface area contributed by atoms with Crippen LogP contribution in [0.2, 0.25) is 0 Å². The van der Waals surface area contributed by atoms with Crippen molar-refractivity contribution in [2.45, 2.75) is 129 Å². The van der Waals surface area contributed by atoms with E-state index in [0.717, 1.165) is 24.8 Å². The van der Waals surface area contributed by atoms with Crippen molar-refractivity contribution in [3.8, 4) is 0 Å². The lowest BCUT2D eigenvalue weighted by Crippen LogP contribution is -2.45. The van der Waals surface area contributed by atoms with Gasteiger partial charge in [0, 0.05) is 21.9 Å². The number of nitrogens with two attached hydrogens (primary N) is 1. The molecule has 0 saturated heterocycles. The van der Waals surface area contributed by atoms with Gasteiger partial charge < -0.3 is 5.73 Å². The zero-order valence-electron chi connectivity index (χ0n) is 20.5. The highest BCUT2D eigenvalue weighted by atomic mass is 16.6. The topological polar surface area (TPSA) is 69.2 Å². The van der Waals surface area contributed by atoms with E-state index >= 15 is 0 Å². The van der Waals surface area contributed by atoms with Crippen LogP contribution in [0.5, 0.6) is 0 Å². The summed E-state index contributed by atoms with van der Waals surface area (Å²) in [6.45, 7) is 6.13. The fourth-order valence-electron chi connectivity index (χ4n) is 4.65. The molecule has 1 aromatic rings. The fraction of sp³-hybridized carbons (Fsp3) is 0.778. The molecule has 2 unspecified atom stereocenters. The molecular formula is C27H48N2O2. The molecule has 0 amide bonds. The van der Waals surface area contributed by atoms with Crippen molar-refractivity contribution in [3.63, 3.8) is 0 Å². The summed E-state index contributed by atoms with van der Waals surface area (Å²) in [4.78, 5) is 11.7. The Kier molecular flexibility index (Phi) is 14.5. The monoisotopic (exact) mass is 432 g/mol. The van der Waals surface area contributed by atoms with Gasteiger partial charge in [-0.3, -0.25) is 10.1 Å². The van der Waals surface area contributed by atoms with E-state index in [4.69, 9.17) is 5.73 Å². The summed E-state index contributed by atoms with van der Waals surface area (Å²) in [5.41, 5.74) is 6.59. The summed E-state index contributed by atoms with van der Waals surface area (Å²) in [5.74, 6) is -0.165. The summed E-state index contributed by atoms with van der Waals surface area (Å²) in [6.07, 6.45) is 19.3. The number of nitro groups is 1. The van der Waals surface area contributed by atoms with Crippen molar-refractivity contribution in [1.29, 1.82) is 0 Å². The standard InChI is InChI=1S/C27H48N2O2/c1-4-5-6-7-8-9-10-11-12-13-14-15-16-20-23-25(27(2,3)28)26(29(30)31)24-21-18-17-19-22-24/h17-19,21-22,25-26H,4-16,20,23,28H2,1-3H3. The van der Waals surface area contributed by atoms with Gasteiger partial charge >= 0.3 is 0 Å². The predicted molar refractivity (Wildman–Crippen MR) is 133 cm³/mol. The molecule has 31 heavy (non-hydrogen) atoms. The Morgan fingerprint density at radius 3 is 1.61 bits per heavy atom. The smallest absolute Gasteiger partial charge is 0.242 e. The summed E-state index contributed by atoms with van der Waals surface area (Å²) in [7, 11) is 0. The van der Waals surface area contributed by atoms with Crippen LogP contribution in [-0.4, -0.2) is 10.5 Å². The van der Waals surface area contributed by atoms with Crippen LogP contribution in [0.1, 0.15) is 129 Å². The van der Waals surface area contributed by atoms with Crippen LogP contribution in [0.3, 0.4) is 0 Å². The first-order valence-electron chi connectivity index (χ1n) is 12.8. The van der Waals surface area contributed by atoms with Crippen LogP contribution in [0.25, 0.3) is 0 Å². The van der Waals surface area contributed by atoms with E-state index in [2.05, 4.69) is 6.92 Å². The number of nitrogens with zero attached hydrogens (tertiary/aromatic N) is 1. The van der Waals surface area contributed by atoms with Gasteiger partial charge in [-0.15, -0.1) is 0 Å². The maximum Gasteiger partial charge on any atom is 0.242 e. The molecule has 0 fully saturated rings. The van der Waals surface area contributed by atoms with E-state index in [-0.39, 0.29) is 10.8 Å². The lowest BCUT2D eigenvalue weighted by molar-refractivity contribution is -0.541. The summed E-state index contributed by atoms with van der Waals surface area (Å²) >= 11 is 0. The largest absolute Gasteiger partial charge is 0.325 e. The van der Waals surface area contributed by atoms with E-state index < -0.39 is 11.6 Å². The van der Waals surface area contributed by atoms with Crippen LogP contribution in [0.15, 0.2) is 30.3 Å². The first-order valence-corrected chi connectivity index (χ1v) is 12.8. The van der Waals surface area contributed by atoms with Gasteiger partial charge in [0.2, 0.25) is 6.04 Å². The average molecular weight is 433 g/mol. The van der Waals surface area contributed by atoms with Crippen molar-refractivity contribution in [1.82, 2.24) is 0 Å². The third-order valence-electron chi connectivity index (χ3n) is 6.57. The molecule has 4 nitrogen and oxygen atoms in total. The summed E-state index contributed by atoms with van der Waals surface area (Å²) in [6, 6.07) is 8.63. The van der Waals surface area contributed by atoms with E-state index in [9.17, 15) is 10.1 Å². The molecule has 178 valence electrons. The van der Waals surface area contributed by atoms with Crippen molar-refractivity contribution in [3.05, 3.63) is 46.0 Å². The van der Waals surface area contributed by atoms with Crippen LogP contribution in [0, 0.1) is 16.0 Å². The zero-order valence-corrected chi connectivity index (χ0v) is 20.5. The van der Waals surface area contributed by atoms with Crippen LogP contribution < -0.4 is 5.73 Å². The quantitative estimate of drug-likeness (QED) is 0.136. The minimum Gasteiger partial charge on any atom is -0.325 e. The molecule has 4 heteroatoms. The molecule has 0 aliphatic rings. The zero-order chi connectivity index (χ0) is 23.0. The Hall–Kier alpha value is -1.42. The van der Waals surface area contributed by atoms with Gasteiger partial charge in [-0.05, 0) is 20.3 Å². The Morgan fingerprint density at radius 1 is 0.806 bits per heavy atom. The Balaban J connectivity index is 2.24. The maximum absolute atomic E-state index is 11.9. The van der Waals surface area contributed by atoms with Crippen molar-refractivity contribution in [2.75, 3.05) is 0 Å². The highest BCUT2D eigenvalue weighted by Gasteiger charge is 2.40. The number of benzene rings is 1. The molecule has 0 bridgehead atoms. The van der Waals surface area contributed by atoms with E-state index in [1.165, 1.54) is 77.0 Å².